The lowest BCUT2D eigenvalue weighted by Gasteiger charge is -2.25. The normalized spacial score (nSPS) is 11.4. The number of benzene rings is 3. The Kier molecular flexibility index (Phi) is 6.80. The van der Waals surface area contributed by atoms with E-state index in [1.807, 2.05) is 60.7 Å². The summed E-state index contributed by atoms with van der Waals surface area (Å²) in [7, 11) is -2.13. The third-order valence-electron chi connectivity index (χ3n) is 4.58. The standard InChI is InChI=1S/C23H24N2O3S/c1-24(17-20-11-5-2-6-12-20)23(26)19-25(18-21-13-7-3-8-14-21)29(27,28)22-15-9-4-10-16-22/h2-16H,17-19H2,1H3. The molecule has 0 spiro atoms. The van der Waals surface area contributed by atoms with Crippen LogP contribution in [0.5, 0.6) is 0 Å². The number of likely N-dealkylation sites (N-methyl/N-ethyl adjacent to an activating group) is 1. The molecule has 0 aliphatic rings. The highest BCUT2D eigenvalue weighted by Gasteiger charge is 2.27. The fourth-order valence-corrected chi connectivity index (χ4v) is 4.37. The average molecular weight is 409 g/mol. The molecule has 6 heteroatoms. The number of sulfonamides is 1. The maximum Gasteiger partial charge on any atom is 0.243 e. The Balaban J connectivity index is 1.82. The Hall–Kier alpha value is -2.96. The smallest absolute Gasteiger partial charge is 0.243 e. The van der Waals surface area contributed by atoms with Gasteiger partial charge in [0, 0.05) is 20.1 Å². The minimum absolute atomic E-state index is 0.128. The lowest BCUT2D eigenvalue weighted by molar-refractivity contribution is -0.130. The molecule has 1 amide bonds. The van der Waals surface area contributed by atoms with E-state index in [4.69, 9.17) is 0 Å². The summed E-state index contributed by atoms with van der Waals surface area (Å²) in [4.78, 5) is 14.6. The first-order valence-electron chi connectivity index (χ1n) is 9.34. The second-order valence-electron chi connectivity index (χ2n) is 6.81. The van der Waals surface area contributed by atoms with Crippen LogP contribution in [-0.2, 0) is 27.9 Å². The lowest BCUT2D eigenvalue weighted by Crippen LogP contribution is -2.40. The third kappa shape index (κ3) is 5.53. The van der Waals surface area contributed by atoms with Gasteiger partial charge in [-0.3, -0.25) is 4.79 Å². The zero-order chi connectivity index (χ0) is 20.7. The van der Waals surface area contributed by atoms with Crippen LogP contribution in [0.1, 0.15) is 11.1 Å². The van der Waals surface area contributed by atoms with Crippen molar-refractivity contribution in [2.45, 2.75) is 18.0 Å². The van der Waals surface area contributed by atoms with E-state index in [0.29, 0.717) is 6.54 Å². The largest absolute Gasteiger partial charge is 0.340 e. The fraction of sp³-hybridized carbons (Fsp3) is 0.174. The molecule has 3 aromatic carbocycles. The summed E-state index contributed by atoms with van der Waals surface area (Å²) in [5.74, 6) is -0.260. The highest BCUT2D eigenvalue weighted by Crippen LogP contribution is 2.18. The second kappa shape index (κ2) is 9.49. The van der Waals surface area contributed by atoms with Gasteiger partial charge in [-0.05, 0) is 23.3 Å². The summed E-state index contributed by atoms with van der Waals surface area (Å²) in [5, 5.41) is 0. The molecule has 0 fully saturated rings. The van der Waals surface area contributed by atoms with Gasteiger partial charge in [0.2, 0.25) is 15.9 Å². The highest BCUT2D eigenvalue weighted by molar-refractivity contribution is 7.89. The first kappa shape index (κ1) is 20.8. The Morgan fingerprint density at radius 1 is 0.724 bits per heavy atom. The molecule has 0 aliphatic carbocycles. The van der Waals surface area contributed by atoms with Gasteiger partial charge in [-0.25, -0.2) is 8.42 Å². The third-order valence-corrected chi connectivity index (χ3v) is 6.39. The van der Waals surface area contributed by atoms with Crippen molar-refractivity contribution in [2.75, 3.05) is 13.6 Å². The number of nitrogens with zero attached hydrogens (tertiary/aromatic N) is 2. The number of carbonyl (C=O) groups is 1. The van der Waals surface area contributed by atoms with E-state index in [1.54, 1.807) is 42.3 Å². The van der Waals surface area contributed by atoms with E-state index in [9.17, 15) is 13.2 Å². The average Bonchev–Trinajstić information content (AvgIpc) is 2.75. The van der Waals surface area contributed by atoms with Gasteiger partial charge in [-0.2, -0.15) is 4.31 Å². The molecule has 0 saturated heterocycles. The molecule has 0 aliphatic heterocycles. The molecule has 3 rings (SSSR count). The molecule has 150 valence electrons. The van der Waals surface area contributed by atoms with E-state index in [2.05, 4.69) is 0 Å². The van der Waals surface area contributed by atoms with Crippen LogP contribution in [0.25, 0.3) is 0 Å². The molecule has 0 atom stereocenters. The lowest BCUT2D eigenvalue weighted by atomic mass is 10.2. The molecular formula is C23H24N2O3S. The molecule has 0 bridgehead atoms. The van der Waals surface area contributed by atoms with Crippen LogP contribution in [0.2, 0.25) is 0 Å². The molecule has 0 radical (unpaired) electrons. The van der Waals surface area contributed by atoms with Crippen LogP contribution in [0.4, 0.5) is 0 Å². The summed E-state index contributed by atoms with van der Waals surface area (Å²) >= 11 is 0. The first-order chi connectivity index (χ1) is 14.0. The van der Waals surface area contributed by atoms with E-state index in [-0.39, 0.29) is 23.9 Å². The first-order valence-corrected chi connectivity index (χ1v) is 10.8. The second-order valence-corrected chi connectivity index (χ2v) is 8.75. The number of amides is 1. The maximum atomic E-state index is 13.2. The highest BCUT2D eigenvalue weighted by atomic mass is 32.2. The minimum Gasteiger partial charge on any atom is -0.340 e. The SMILES string of the molecule is CN(Cc1ccccc1)C(=O)CN(Cc1ccccc1)S(=O)(=O)c1ccccc1. The summed E-state index contributed by atoms with van der Waals surface area (Å²) in [6.45, 7) is 0.322. The summed E-state index contributed by atoms with van der Waals surface area (Å²) in [6, 6.07) is 27.1. The number of hydrogen-bond donors (Lipinski definition) is 0. The van der Waals surface area contributed by atoms with E-state index >= 15 is 0 Å². The van der Waals surface area contributed by atoms with Gasteiger partial charge in [0.25, 0.3) is 0 Å². The Bertz CT molecular complexity index is 1020. The van der Waals surface area contributed by atoms with Crippen molar-refractivity contribution >= 4 is 15.9 Å². The minimum atomic E-state index is -3.81. The Morgan fingerprint density at radius 3 is 1.69 bits per heavy atom. The van der Waals surface area contributed by atoms with Crippen LogP contribution in [0, 0.1) is 0 Å². The van der Waals surface area contributed by atoms with E-state index < -0.39 is 10.0 Å². The summed E-state index contributed by atoms with van der Waals surface area (Å²) in [5.41, 5.74) is 1.81. The molecule has 29 heavy (non-hydrogen) atoms. The topological polar surface area (TPSA) is 57.7 Å². The van der Waals surface area contributed by atoms with Gasteiger partial charge >= 0.3 is 0 Å². The number of rotatable bonds is 8. The fourth-order valence-electron chi connectivity index (χ4n) is 2.97. The zero-order valence-electron chi connectivity index (χ0n) is 16.3. The molecule has 0 unspecified atom stereocenters. The molecule has 3 aromatic rings. The van der Waals surface area contributed by atoms with Gasteiger partial charge < -0.3 is 4.90 Å². The van der Waals surface area contributed by atoms with Gasteiger partial charge in [-0.15, -0.1) is 0 Å². The molecular weight excluding hydrogens is 384 g/mol. The van der Waals surface area contributed by atoms with Crippen molar-refractivity contribution in [3.8, 4) is 0 Å². The Labute approximate surface area is 172 Å². The van der Waals surface area contributed by atoms with Crippen LogP contribution >= 0.6 is 0 Å². The molecule has 0 heterocycles. The number of carbonyl (C=O) groups excluding carboxylic acids is 1. The van der Waals surface area contributed by atoms with E-state index in [1.165, 1.54) is 4.31 Å². The van der Waals surface area contributed by atoms with Gasteiger partial charge in [0.05, 0.1) is 11.4 Å². The van der Waals surface area contributed by atoms with Gasteiger partial charge in [0.1, 0.15) is 0 Å². The van der Waals surface area contributed by atoms with Crippen LogP contribution in [0.15, 0.2) is 95.9 Å². The van der Waals surface area contributed by atoms with Gasteiger partial charge in [-0.1, -0.05) is 78.9 Å². The van der Waals surface area contributed by atoms with Crippen LogP contribution < -0.4 is 0 Å². The molecule has 0 N–H and O–H groups in total. The van der Waals surface area contributed by atoms with Crippen LogP contribution in [-0.4, -0.2) is 37.1 Å². The Morgan fingerprint density at radius 2 is 1.17 bits per heavy atom. The number of hydrogen-bond acceptors (Lipinski definition) is 3. The van der Waals surface area contributed by atoms with Crippen molar-refractivity contribution < 1.29 is 13.2 Å². The van der Waals surface area contributed by atoms with Crippen molar-refractivity contribution in [3.05, 3.63) is 102 Å². The zero-order valence-corrected chi connectivity index (χ0v) is 17.1. The summed E-state index contributed by atoms with van der Waals surface area (Å²) < 4.78 is 27.7. The van der Waals surface area contributed by atoms with Crippen molar-refractivity contribution in [1.29, 1.82) is 0 Å². The molecule has 0 aromatic heterocycles. The van der Waals surface area contributed by atoms with Crippen LogP contribution in [0.3, 0.4) is 0 Å². The molecule has 5 nitrogen and oxygen atoms in total. The van der Waals surface area contributed by atoms with Crippen molar-refractivity contribution in [2.24, 2.45) is 0 Å². The van der Waals surface area contributed by atoms with Gasteiger partial charge in [0.15, 0.2) is 0 Å². The predicted octanol–water partition coefficient (Wildman–Crippen LogP) is 3.54. The van der Waals surface area contributed by atoms with Crippen molar-refractivity contribution in [3.63, 3.8) is 0 Å². The van der Waals surface area contributed by atoms with E-state index in [0.717, 1.165) is 11.1 Å². The molecule has 0 saturated carbocycles. The van der Waals surface area contributed by atoms with Crippen molar-refractivity contribution in [1.82, 2.24) is 9.21 Å². The predicted molar refractivity (Wildman–Crippen MR) is 113 cm³/mol. The maximum absolute atomic E-state index is 13.2. The summed E-state index contributed by atoms with van der Waals surface area (Å²) in [6.07, 6.45) is 0. The monoisotopic (exact) mass is 408 g/mol. The quantitative estimate of drug-likeness (QED) is 0.573.